The third kappa shape index (κ3) is 3.46. The van der Waals surface area contributed by atoms with Crippen molar-refractivity contribution < 1.29 is 43.1 Å². The van der Waals surface area contributed by atoms with Crippen molar-refractivity contribution in [2.45, 2.75) is 55.4 Å². The minimum Gasteiger partial charge on any atom is -0.482 e. The second-order valence-electron chi connectivity index (χ2n) is 9.22. The van der Waals surface area contributed by atoms with Gasteiger partial charge in [0.2, 0.25) is 0 Å². The highest BCUT2D eigenvalue weighted by Gasteiger charge is 2.65. The van der Waals surface area contributed by atoms with E-state index in [1.54, 1.807) is 12.1 Å². The molecule has 1 aromatic carbocycles. The topological polar surface area (TPSA) is 99.2 Å². The lowest BCUT2D eigenvalue weighted by Crippen LogP contribution is -2.65. The molecule has 13 heteroatoms. The highest BCUT2D eigenvalue weighted by Crippen LogP contribution is 2.63. The predicted molar refractivity (Wildman–Crippen MR) is 114 cm³/mol. The molecular weight excluding hydrogens is 499 g/mol. The average Bonchev–Trinajstić information content (AvgIpc) is 3.06. The first kappa shape index (κ1) is 23.9. The van der Waals surface area contributed by atoms with Gasteiger partial charge in [-0.2, -0.15) is 30.0 Å². The maximum Gasteiger partial charge on any atom is 0.534 e. The molecule has 2 heterocycles. The zero-order valence-corrected chi connectivity index (χ0v) is 20.0. The summed E-state index contributed by atoms with van der Waals surface area (Å²) in [5, 5.41) is 0. The first-order chi connectivity index (χ1) is 15.8. The number of ether oxygens (including phenoxy) is 1. The Balaban J connectivity index is 1.67. The summed E-state index contributed by atoms with van der Waals surface area (Å²) >= 11 is 0. The molecule has 0 saturated carbocycles. The van der Waals surface area contributed by atoms with Gasteiger partial charge in [-0.1, -0.05) is 25.1 Å². The number of benzene rings is 1. The second kappa shape index (κ2) is 7.58. The summed E-state index contributed by atoms with van der Waals surface area (Å²) in [6.07, 6.45) is 4.66. The Hall–Kier alpha value is -1.83. The molecule has 0 radical (unpaired) electrons. The van der Waals surface area contributed by atoms with Crippen molar-refractivity contribution >= 4 is 20.2 Å². The zero-order chi connectivity index (χ0) is 24.7. The van der Waals surface area contributed by atoms with Crippen molar-refractivity contribution in [2.24, 2.45) is 5.92 Å². The number of nitrogens with zero attached hydrogens (tertiary/aromatic N) is 1. The van der Waals surface area contributed by atoms with Crippen LogP contribution in [-0.2, 0) is 36.3 Å². The molecule has 0 amide bonds. The number of halogens is 3. The molecule has 1 fully saturated rings. The van der Waals surface area contributed by atoms with Gasteiger partial charge >= 0.3 is 15.6 Å². The van der Waals surface area contributed by atoms with Crippen LogP contribution in [0, 0.1) is 5.92 Å². The van der Waals surface area contributed by atoms with Gasteiger partial charge in [-0.15, -0.1) is 0 Å². The Labute approximate surface area is 195 Å². The molecule has 1 aromatic rings. The smallest absolute Gasteiger partial charge is 0.482 e. The molecule has 8 nitrogen and oxygen atoms in total. The lowest BCUT2D eigenvalue weighted by molar-refractivity contribution is -0.0505. The molecule has 1 spiro atoms. The lowest BCUT2D eigenvalue weighted by atomic mass is 9.53. The van der Waals surface area contributed by atoms with E-state index in [2.05, 4.69) is 16.0 Å². The summed E-state index contributed by atoms with van der Waals surface area (Å²) in [6.45, 7) is 3.63. The summed E-state index contributed by atoms with van der Waals surface area (Å²) in [5.74, 6) is -0.764. The van der Waals surface area contributed by atoms with Gasteiger partial charge in [0.15, 0.2) is 11.5 Å². The predicted octanol–water partition coefficient (Wildman–Crippen LogP) is 2.49. The van der Waals surface area contributed by atoms with Crippen molar-refractivity contribution in [2.75, 3.05) is 19.3 Å². The monoisotopic (exact) mass is 523 g/mol. The fourth-order valence-corrected chi connectivity index (χ4v) is 7.21. The van der Waals surface area contributed by atoms with Crippen LogP contribution in [0.4, 0.5) is 13.2 Å². The summed E-state index contributed by atoms with van der Waals surface area (Å²) in [5.41, 5.74) is -4.97. The fraction of sp³-hybridized carbons (Fsp3) is 0.619. The first-order valence-electron chi connectivity index (χ1n) is 10.9. The standard InChI is InChI=1S/C21H24F3NO7S2/c1-3-9-25-10-8-20-13-5-7-16(31-33(2,26)27)19(20)30-18-15(32-34(28,29)21(22,23)24)6-4-12(17(18)20)11-14(13)25/h4-7,13-14,16,19H,3,8-11H2,1-2H3/t13-,14+,16-,19-,20-/m0/s1. The molecule has 2 aliphatic heterocycles. The fourth-order valence-electron chi connectivity index (χ4n) is 6.18. The number of alkyl halides is 3. The summed E-state index contributed by atoms with van der Waals surface area (Å²) in [6, 6.07) is 2.84. The van der Waals surface area contributed by atoms with Crippen molar-refractivity contribution in [1.29, 1.82) is 0 Å². The number of hydrogen-bond acceptors (Lipinski definition) is 8. The van der Waals surface area contributed by atoms with Crippen LogP contribution in [0.3, 0.4) is 0 Å². The number of likely N-dealkylation sites (tertiary alicyclic amines) is 1. The van der Waals surface area contributed by atoms with Gasteiger partial charge in [0.25, 0.3) is 10.1 Å². The quantitative estimate of drug-likeness (QED) is 0.319. The van der Waals surface area contributed by atoms with Gasteiger partial charge in [-0.25, -0.2) is 0 Å². The van der Waals surface area contributed by atoms with E-state index in [0.717, 1.165) is 24.8 Å². The molecular formula is C21H24F3NO7S2. The van der Waals surface area contributed by atoms with Crippen molar-refractivity contribution in [3.05, 3.63) is 35.4 Å². The SMILES string of the molecule is CCCN1CC[C@]23c4c5ccc(OS(=O)(=O)C(F)(F)F)c4O[C@H]2[C@@H](OS(C)(=O)=O)C=C[C@H]3[C@H]1C5. The van der Waals surface area contributed by atoms with E-state index in [0.29, 0.717) is 24.9 Å². The van der Waals surface area contributed by atoms with Crippen LogP contribution in [-0.4, -0.2) is 64.8 Å². The molecule has 34 heavy (non-hydrogen) atoms. The van der Waals surface area contributed by atoms with Crippen LogP contribution in [0.25, 0.3) is 0 Å². The largest absolute Gasteiger partial charge is 0.534 e. The molecule has 5 rings (SSSR count). The maximum atomic E-state index is 13.0. The van der Waals surface area contributed by atoms with Gasteiger partial charge in [-0.05, 0) is 44.0 Å². The summed E-state index contributed by atoms with van der Waals surface area (Å²) < 4.78 is 102. The Morgan fingerprint density at radius 2 is 1.94 bits per heavy atom. The van der Waals surface area contributed by atoms with Gasteiger partial charge in [0, 0.05) is 22.9 Å². The molecule has 1 saturated heterocycles. The molecule has 2 aliphatic carbocycles. The average molecular weight is 524 g/mol. The van der Waals surface area contributed by atoms with Crippen molar-refractivity contribution in [3.8, 4) is 11.5 Å². The van der Waals surface area contributed by atoms with Crippen LogP contribution in [0.15, 0.2) is 24.3 Å². The Morgan fingerprint density at radius 3 is 2.59 bits per heavy atom. The normalized spacial score (nSPS) is 32.3. The van der Waals surface area contributed by atoms with Gasteiger partial charge in [-0.3, -0.25) is 9.08 Å². The molecule has 0 aromatic heterocycles. The van der Waals surface area contributed by atoms with E-state index < -0.39 is 49.1 Å². The molecule has 188 valence electrons. The van der Waals surface area contributed by atoms with E-state index in [-0.39, 0.29) is 17.7 Å². The highest BCUT2D eigenvalue weighted by molar-refractivity contribution is 7.88. The maximum absolute atomic E-state index is 13.0. The van der Waals surface area contributed by atoms with E-state index in [4.69, 9.17) is 8.92 Å². The van der Waals surface area contributed by atoms with Gasteiger partial charge < -0.3 is 8.92 Å². The lowest BCUT2D eigenvalue weighted by Gasteiger charge is -2.57. The number of rotatable bonds is 6. The molecule has 4 aliphatic rings. The molecule has 5 atom stereocenters. The van der Waals surface area contributed by atoms with Crippen LogP contribution in [0.2, 0.25) is 0 Å². The van der Waals surface area contributed by atoms with E-state index in [1.165, 1.54) is 6.07 Å². The van der Waals surface area contributed by atoms with Crippen LogP contribution in [0.5, 0.6) is 11.5 Å². The minimum absolute atomic E-state index is 0.0827. The number of piperidine rings is 1. The van der Waals surface area contributed by atoms with Crippen LogP contribution >= 0.6 is 0 Å². The first-order valence-corrected chi connectivity index (χ1v) is 14.2. The summed E-state index contributed by atoms with van der Waals surface area (Å²) in [4.78, 5) is 2.37. The Morgan fingerprint density at radius 1 is 1.21 bits per heavy atom. The zero-order valence-electron chi connectivity index (χ0n) is 18.4. The number of hydrogen-bond donors (Lipinski definition) is 0. The van der Waals surface area contributed by atoms with Crippen LogP contribution < -0.4 is 8.92 Å². The summed E-state index contributed by atoms with van der Waals surface area (Å²) in [7, 11) is -9.81. The van der Waals surface area contributed by atoms with Crippen molar-refractivity contribution in [1.82, 2.24) is 4.90 Å². The third-order valence-electron chi connectivity index (χ3n) is 7.23. The van der Waals surface area contributed by atoms with Crippen molar-refractivity contribution in [3.63, 3.8) is 0 Å². The Kier molecular flexibility index (Phi) is 5.33. The second-order valence-corrected chi connectivity index (χ2v) is 12.4. The van der Waals surface area contributed by atoms with Gasteiger partial charge in [0.1, 0.15) is 12.2 Å². The third-order valence-corrected chi connectivity index (χ3v) is 8.77. The molecule has 2 bridgehead atoms. The minimum atomic E-state index is -5.93. The van der Waals surface area contributed by atoms with E-state index in [1.807, 2.05) is 6.08 Å². The molecule has 0 unspecified atom stereocenters. The van der Waals surface area contributed by atoms with Crippen LogP contribution in [0.1, 0.15) is 30.9 Å². The molecule has 0 N–H and O–H groups in total. The highest BCUT2D eigenvalue weighted by atomic mass is 32.2. The Bertz CT molecular complexity index is 1260. The van der Waals surface area contributed by atoms with E-state index in [9.17, 15) is 30.0 Å². The van der Waals surface area contributed by atoms with E-state index >= 15 is 0 Å². The van der Waals surface area contributed by atoms with Gasteiger partial charge in [0.05, 0.1) is 6.26 Å².